The zero-order valence-electron chi connectivity index (χ0n) is 7.56. The second kappa shape index (κ2) is 6.56. The highest BCUT2D eigenvalue weighted by molar-refractivity contribution is 6.71. The number of esters is 1. The van der Waals surface area contributed by atoms with Crippen LogP contribution in [-0.2, 0) is 9.53 Å². The van der Waals surface area contributed by atoms with E-state index in [1.54, 1.807) is 6.92 Å². The average Bonchev–Trinajstić information content (AvgIpc) is 2.02. The van der Waals surface area contributed by atoms with Crippen LogP contribution in [0.2, 0.25) is 0 Å². The van der Waals surface area contributed by atoms with E-state index in [-0.39, 0.29) is 28.9 Å². The lowest BCUT2D eigenvalue weighted by Gasteiger charge is -2.03. The lowest BCUT2D eigenvalue weighted by Crippen LogP contribution is -2.08. The minimum absolute atomic E-state index is 0.148. The third kappa shape index (κ3) is 5.72. The van der Waals surface area contributed by atoms with Crippen LogP contribution in [0.5, 0.6) is 0 Å². The second-order valence-corrected chi connectivity index (χ2v) is 3.10. The summed E-state index contributed by atoms with van der Waals surface area (Å²) in [5.41, 5.74) is 0.171. The quantitative estimate of drug-likeness (QED) is 0.568. The van der Waals surface area contributed by atoms with Gasteiger partial charge in [-0.2, -0.15) is 0 Å². The lowest BCUT2D eigenvalue weighted by molar-refractivity contribution is -0.142. The highest BCUT2D eigenvalue weighted by Gasteiger charge is 2.10. The molecule has 0 unspecified atom stereocenters. The van der Waals surface area contributed by atoms with Crippen molar-refractivity contribution < 1.29 is 9.53 Å². The van der Waals surface area contributed by atoms with E-state index in [1.807, 2.05) is 0 Å². The largest absolute Gasteiger partial charge is 0.466 e. The van der Waals surface area contributed by atoms with Crippen LogP contribution >= 0.6 is 23.2 Å². The van der Waals surface area contributed by atoms with Gasteiger partial charge in [-0.05, 0) is 13.0 Å². The maximum atomic E-state index is 11.0. The lowest BCUT2D eigenvalue weighted by atomic mass is 10.2. The zero-order valence-corrected chi connectivity index (χ0v) is 9.08. The molecule has 78 valence electrons. The number of halogens is 2. The number of rotatable bonds is 5. The van der Waals surface area contributed by atoms with Gasteiger partial charge >= 0.3 is 5.97 Å². The smallest absolute Gasteiger partial charge is 0.310 e. The Bertz CT molecular complexity index is 287. The normalized spacial score (nSPS) is 10.9. The number of ether oxygens (including phenoxy) is 1. The third-order valence-electron chi connectivity index (χ3n) is 1.22. The van der Waals surface area contributed by atoms with Crippen molar-refractivity contribution in [2.75, 3.05) is 6.61 Å². The molecule has 0 aliphatic carbocycles. The van der Waals surface area contributed by atoms with Crippen molar-refractivity contribution in [3.8, 4) is 0 Å². The van der Waals surface area contributed by atoms with Gasteiger partial charge in [-0.1, -0.05) is 23.2 Å². The Balaban J connectivity index is 4.47. The van der Waals surface area contributed by atoms with Gasteiger partial charge in [0.1, 0.15) is 10.3 Å². The average molecular weight is 237 g/mol. The van der Waals surface area contributed by atoms with Crippen molar-refractivity contribution in [1.82, 2.24) is 0 Å². The number of hydrogen-bond acceptors (Lipinski definition) is 4. The Morgan fingerprint density at radius 3 is 2.36 bits per heavy atom. The molecule has 14 heavy (non-hydrogen) atoms. The number of hydrogen-bond donors (Lipinski definition) is 2. The van der Waals surface area contributed by atoms with Gasteiger partial charge in [0.25, 0.3) is 0 Å². The van der Waals surface area contributed by atoms with Crippen LogP contribution < -0.4 is 0 Å². The summed E-state index contributed by atoms with van der Waals surface area (Å²) < 4.78 is 4.66. The first-order valence-electron chi connectivity index (χ1n) is 3.82. The molecule has 0 bridgehead atoms. The van der Waals surface area contributed by atoms with Crippen molar-refractivity contribution in [1.29, 1.82) is 10.8 Å². The van der Waals surface area contributed by atoms with Crippen molar-refractivity contribution in [3.05, 3.63) is 11.6 Å². The van der Waals surface area contributed by atoms with E-state index in [2.05, 4.69) is 4.74 Å². The zero-order chi connectivity index (χ0) is 11.1. The van der Waals surface area contributed by atoms with Crippen LogP contribution in [0.15, 0.2) is 11.6 Å². The number of carbonyl (C=O) groups is 1. The SMILES string of the molecule is CCOC(=O)C/C(=C/C(=N)Cl)C(=N)Cl. The predicted octanol–water partition coefficient (Wildman–Crippen LogP) is 2.30. The number of carbonyl (C=O) groups excluding carboxylic acids is 1. The Hall–Kier alpha value is -0.870. The van der Waals surface area contributed by atoms with Gasteiger partial charge in [-0.25, -0.2) is 0 Å². The van der Waals surface area contributed by atoms with Gasteiger partial charge in [0, 0.05) is 5.57 Å². The van der Waals surface area contributed by atoms with Crippen LogP contribution in [0.25, 0.3) is 0 Å². The molecular weight excluding hydrogens is 227 g/mol. The summed E-state index contributed by atoms with van der Waals surface area (Å²) in [6, 6.07) is 0. The van der Waals surface area contributed by atoms with Crippen molar-refractivity contribution in [3.63, 3.8) is 0 Å². The standard InChI is InChI=1S/C8H10Cl2N2O2/c1-2-14-7(13)4-5(8(10)12)3-6(9)11/h3,11-12H,2,4H2,1H3/b5-3-,11-6?,12-8?. The molecule has 0 amide bonds. The molecule has 0 aliphatic rings. The van der Waals surface area contributed by atoms with Crippen LogP contribution in [0, 0.1) is 10.8 Å². The highest BCUT2D eigenvalue weighted by Crippen LogP contribution is 2.09. The molecule has 4 nitrogen and oxygen atoms in total. The molecule has 0 aromatic rings. The molecular formula is C8H10Cl2N2O2. The maximum Gasteiger partial charge on any atom is 0.310 e. The molecule has 2 N–H and O–H groups in total. The second-order valence-electron chi connectivity index (χ2n) is 2.31. The Morgan fingerprint density at radius 2 is 2.00 bits per heavy atom. The molecule has 0 spiro atoms. The summed E-state index contributed by atoms with van der Waals surface area (Å²) in [5, 5.41) is 13.5. The van der Waals surface area contributed by atoms with Crippen LogP contribution in [0.4, 0.5) is 0 Å². The van der Waals surface area contributed by atoms with Gasteiger partial charge in [-0.3, -0.25) is 15.6 Å². The van der Waals surface area contributed by atoms with E-state index >= 15 is 0 Å². The number of allylic oxidation sites excluding steroid dienone is 1. The topological polar surface area (TPSA) is 74.0 Å². The summed E-state index contributed by atoms with van der Waals surface area (Å²) in [7, 11) is 0. The maximum absolute atomic E-state index is 11.0. The first-order chi connectivity index (χ1) is 6.47. The first kappa shape index (κ1) is 13.1. The molecule has 0 rings (SSSR count). The van der Waals surface area contributed by atoms with Crippen LogP contribution in [-0.4, -0.2) is 22.9 Å². The van der Waals surface area contributed by atoms with E-state index < -0.39 is 5.97 Å². The molecule has 6 heteroatoms. The first-order valence-corrected chi connectivity index (χ1v) is 4.57. The monoisotopic (exact) mass is 236 g/mol. The Morgan fingerprint density at radius 1 is 1.43 bits per heavy atom. The van der Waals surface area contributed by atoms with Crippen molar-refractivity contribution >= 4 is 39.5 Å². The van der Waals surface area contributed by atoms with Gasteiger partial charge in [0.05, 0.1) is 13.0 Å². The molecule has 0 aromatic heterocycles. The minimum atomic E-state index is -0.498. The van der Waals surface area contributed by atoms with E-state index in [0.717, 1.165) is 6.08 Å². The summed E-state index contributed by atoms with van der Waals surface area (Å²) in [4.78, 5) is 11.0. The van der Waals surface area contributed by atoms with E-state index in [4.69, 9.17) is 34.0 Å². The molecule has 0 heterocycles. The van der Waals surface area contributed by atoms with Crippen molar-refractivity contribution in [2.45, 2.75) is 13.3 Å². The fourth-order valence-electron chi connectivity index (χ4n) is 0.712. The molecule has 0 fully saturated rings. The fraction of sp³-hybridized carbons (Fsp3) is 0.375. The van der Waals surface area contributed by atoms with Crippen LogP contribution in [0.3, 0.4) is 0 Å². The summed E-state index contributed by atoms with van der Waals surface area (Å²) >= 11 is 10.7. The van der Waals surface area contributed by atoms with E-state index in [1.165, 1.54) is 0 Å². The Kier molecular flexibility index (Phi) is 6.16. The highest BCUT2D eigenvalue weighted by atomic mass is 35.5. The molecule has 0 saturated carbocycles. The van der Waals surface area contributed by atoms with Crippen molar-refractivity contribution in [2.24, 2.45) is 0 Å². The van der Waals surface area contributed by atoms with Gasteiger partial charge in [0.2, 0.25) is 0 Å². The minimum Gasteiger partial charge on any atom is -0.466 e. The number of nitrogens with one attached hydrogen (secondary N) is 2. The van der Waals surface area contributed by atoms with E-state index in [9.17, 15) is 4.79 Å². The Labute approximate surface area is 91.9 Å². The van der Waals surface area contributed by atoms with Gasteiger partial charge in [-0.15, -0.1) is 0 Å². The third-order valence-corrected chi connectivity index (χ3v) is 1.57. The fourth-order valence-corrected chi connectivity index (χ4v) is 0.966. The molecule has 0 saturated heterocycles. The van der Waals surface area contributed by atoms with Gasteiger partial charge < -0.3 is 4.74 Å². The molecule has 0 atom stereocenters. The predicted molar refractivity (Wildman–Crippen MR) is 56.5 cm³/mol. The summed E-state index contributed by atoms with van der Waals surface area (Å²) in [6.07, 6.45) is 0.999. The van der Waals surface area contributed by atoms with Gasteiger partial charge in [0.15, 0.2) is 0 Å². The summed E-state index contributed by atoms with van der Waals surface area (Å²) in [5.74, 6) is -0.498. The summed E-state index contributed by atoms with van der Waals surface area (Å²) in [6.45, 7) is 1.94. The molecule has 0 radical (unpaired) electrons. The van der Waals surface area contributed by atoms with Crippen LogP contribution in [0.1, 0.15) is 13.3 Å². The molecule has 0 aromatic carbocycles. The van der Waals surface area contributed by atoms with E-state index in [0.29, 0.717) is 0 Å². The molecule has 0 aliphatic heterocycles.